The minimum atomic E-state index is -0.0562. The number of hydrogen-bond acceptors (Lipinski definition) is 5. The Hall–Kier alpha value is -3.09. The SMILES string of the molecule is Cc1cccnc1N1CCN(C(=O)c2ccc(Cn3ccnc3)o2)CC1. The van der Waals surface area contributed by atoms with E-state index < -0.39 is 0 Å². The molecular weight excluding hydrogens is 330 g/mol. The first-order chi connectivity index (χ1) is 12.7. The molecule has 134 valence electrons. The summed E-state index contributed by atoms with van der Waals surface area (Å²) < 4.78 is 7.64. The van der Waals surface area contributed by atoms with E-state index in [1.807, 2.05) is 34.0 Å². The van der Waals surface area contributed by atoms with E-state index in [2.05, 4.69) is 27.9 Å². The summed E-state index contributed by atoms with van der Waals surface area (Å²) in [7, 11) is 0. The molecule has 0 saturated carbocycles. The maximum Gasteiger partial charge on any atom is 0.289 e. The fourth-order valence-electron chi connectivity index (χ4n) is 3.22. The summed E-state index contributed by atoms with van der Waals surface area (Å²) in [6, 6.07) is 7.60. The number of piperazine rings is 1. The second kappa shape index (κ2) is 7.03. The van der Waals surface area contributed by atoms with Crippen LogP contribution in [0.2, 0.25) is 0 Å². The number of aryl methyl sites for hydroxylation is 1. The van der Waals surface area contributed by atoms with Gasteiger partial charge < -0.3 is 18.8 Å². The molecule has 1 aliphatic rings. The van der Waals surface area contributed by atoms with Crippen molar-refractivity contribution in [2.24, 2.45) is 0 Å². The van der Waals surface area contributed by atoms with Gasteiger partial charge in [0.2, 0.25) is 0 Å². The van der Waals surface area contributed by atoms with Crippen LogP contribution in [0.1, 0.15) is 21.9 Å². The fourth-order valence-corrected chi connectivity index (χ4v) is 3.22. The van der Waals surface area contributed by atoms with E-state index in [0.29, 0.717) is 25.4 Å². The molecule has 0 N–H and O–H groups in total. The number of imidazole rings is 1. The molecule has 3 aromatic rings. The third-order valence-corrected chi connectivity index (χ3v) is 4.62. The van der Waals surface area contributed by atoms with Crippen molar-refractivity contribution >= 4 is 11.7 Å². The van der Waals surface area contributed by atoms with E-state index in [9.17, 15) is 4.79 Å². The second-order valence-electron chi connectivity index (χ2n) is 6.42. The molecule has 26 heavy (non-hydrogen) atoms. The molecule has 0 bridgehead atoms. The minimum absolute atomic E-state index is 0.0562. The second-order valence-corrected chi connectivity index (χ2v) is 6.42. The van der Waals surface area contributed by atoms with Crippen LogP contribution in [0.25, 0.3) is 0 Å². The maximum atomic E-state index is 12.7. The Balaban J connectivity index is 1.38. The number of amides is 1. The van der Waals surface area contributed by atoms with E-state index in [-0.39, 0.29) is 5.91 Å². The lowest BCUT2D eigenvalue weighted by molar-refractivity contribution is 0.0712. The lowest BCUT2D eigenvalue weighted by Gasteiger charge is -2.35. The molecular formula is C19H21N5O2. The molecule has 0 aliphatic carbocycles. The Labute approximate surface area is 151 Å². The smallest absolute Gasteiger partial charge is 0.289 e. The highest BCUT2D eigenvalue weighted by molar-refractivity contribution is 5.91. The Morgan fingerprint density at radius 3 is 2.73 bits per heavy atom. The summed E-state index contributed by atoms with van der Waals surface area (Å²) >= 11 is 0. The molecule has 1 saturated heterocycles. The molecule has 7 heteroatoms. The number of aromatic nitrogens is 3. The van der Waals surface area contributed by atoms with Gasteiger partial charge in [-0.25, -0.2) is 9.97 Å². The molecule has 0 radical (unpaired) electrons. The summed E-state index contributed by atoms with van der Waals surface area (Å²) in [6.07, 6.45) is 7.12. The number of rotatable bonds is 4. The summed E-state index contributed by atoms with van der Waals surface area (Å²) in [6.45, 7) is 5.49. The van der Waals surface area contributed by atoms with E-state index >= 15 is 0 Å². The van der Waals surface area contributed by atoms with Crippen LogP contribution in [0, 0.1) is 6.92 Å². The lowest BCUT2D eigenvalue weighted by Crippen LogP contribution is -2.49. The third kappa shape index (κ3) is 3.33. The van der Waals surface area contributed by atoms with Gasteiger partial charge in [-0.2, -0.15) is 0 Å². The first-order valence-corrected chi connectivity index (χ1v) is 8.71. The minimum Gasteiger partial charge on any atom is -0.454 e. The van der Waals surface area contributed by atoms with Crippen LogP contribution >= 0.6 is 0 Å². The van der Waals surface area contributed by atoms with Crippen molar-refractivity contribution in [3.8, 4) is 0 Å². The molecule has 0 atom stereocenters. The van der Waals surface area contributed by atoms with Gasteiger partial charge in [0.1, 0.15) is 11.6 Å². The van der Waals surface area contributed by atoms with Crippen molar-refractivity contribution in [3.63, 3.8) is 0 Å². The number of anilines is 1. The highest BCUT2D eigenvalue weighted by Gasteiger charge is 2.25. The van der Waals surface area contributed by atoms with Gasteiger partial charge in [0.05, 0.1) is 12.9 Å². The van der Waals surface area contributed by atoms with Crippen molar-refractivity contribution in [1.82, 2.24) is 19.4 Å². The average molecular weight is 351 g/mol. The molecule has 0 spiro atoms. The van der Waals surface area contributed by atoms with Gasteiger partial charge in [-0.3, -0.25) is 4.79 Å². The molecule has 7 nitrogen and oxygen atoms in total. The number of carbonyl (C=O) groups is 1. The first kappa shape index (κ1) is 16.4. The Bertz CT molecular complexity index is 879. The van der Waals surface area contributed by atoms with Crippen LogP contribution in [0.4, 0.5) is 5.82 Å². The van der Waals surface area contributed by atoms with Crippen LogP contribution in [0.15, 0.2) is 53.6 Å². The topological polar surface area (TPSA) is 67.4 Å². The van der Waals surface area contributed by atoms with Gasteiger partial charge in [-0.05, 0) is 30.7 Å². The molecule has 1 fully saturated rings. The highest BCUT2D eigenvalue weighted by atomic mass is 16.4. The normalized spacial score (nSPS) is 14.7. The molecule has 3 aromatic heterocycles. The fraction of sp³-hybridized carbons (Fsp3) is 0.316. The standard InChI is InChI=1S/C19H21N5O2/c1-15-3-2-6-21-18(15)23-9-11-24(12-10-23)19(25)17-5-4-16(26-17)13-22-8-7-20-14-22/h2-8,14H,9-13H2,1H3. The Morgan fingerprint density at radius 2 is 2.00 bits per heavy atom. The van der Waals surface area contributed by atoms with Crippen LogP contribution < -0.4 is 4.90 Å². The Kier molecular flexibility index (Phi) is 4.43. The van der Waals surface area contributed by atoms with Gasteiger partial charge in [0.25, 0.3) is 5.91 Å². The predicted molar refractivity (Wildman–Crippen MR) is 97.1 cm³/mol. The summed E-state index contributed by atoms with van der Waals surface area (Å²) in [4.78, 5) is 25.2. The average Bonchev–Trinajstić information content (AvgIpc) is 3.34. The van der Waals surface area contributed by atoms with Crippen LogP contribution in [-0.4, -0.2) is 51.5 Å². The number of carbonyl (C=O) groups excluding carboxylic acids is 1. The summed E-state index contributed by atoms with van der Waals surface area (Å²) in [5, 5.41) is 0. The summed E-state index contributed by atoms with van der Waals surface area (Å²) in [5.74, 6) is 2.08. The van der Waals surface area contributed by atoms with Gasteiger partial charge >= 0.3 is 0 Å². The van der Waals surface area contributed by atoms with E-state index in [1.165, 1.54) is 0 Å². The molecule has 4 rings (SSSR count). The van der Waals surface area contributed by atoms with E-state index in [0.717, 1.165) is 30.2 Å². The van der Waals surface area contributed by atoms with Gasteiger partial charge in [0, 0.05) is 44.8 Å². The number of furan rings is 1. The van der Waals surface area contributed by atoms with Gasteiger partial charge in [-0.1, -0.05) is 6.07 Å². The Morgan fingerprint density at radius 1 is 1.15 bits per heavy atom. The third-order valence-electron chi connectivity index (χ3n) is 4.62. The predicted octanol–water partition coefficient (Wildman–Crippen LogP) is 2.19. The summed E-state index contributed by atoms with van der Waals surface area (Å²) in [5.41, 5.74) is 1.16. The van der Waals surface area contributed by atoms with Crippen LogP contribution in [0.3, 0.4) is 0 Å². The lowest BCUT2D eigenvalue weighted by atomic mass is 10.2. The maximum absolute atomic E-state index is 12.7. The van der Waals surface area contributed by atoms with Crippen LogP contribution in [-0.2, 0) is 6.54 Å². The van der Waals surface area contributed by atoms with Crippen molar-refractivity contribution in [2.75, 3.05) is 31.1 Å². The first-order valence-electron chi connectivity index (χ1n) is 8.71. The zero-order chi connectivity index (χ0) is 17.9. The number of nitrogens with zero attached hydrogens (tertiary/aromatic N) is 5. The molecule has 4 heterocycles. The quantitative estimate of drug-likeness (QED) is 0.721. The van der Waals surface area contributed by atoms with Crippen molar-refractivity contribution in [1.29, 1.82) is 0 Å². The van der Waals surface area contributed by atoms with E-state index in [1.54, 1.807) is 18.6 Å². The van der Waals surface area contributed by atoms with Crippen molar-refractivity contribution in [2.45, 2.75) is 13.5 Å². The highest BCUT2D eigenvalue weighted by Crippen LogP contribution is 2.19. The zero-order valence-corrected chi connectivity index (χ0v) is 14.7. The van der Waals surface area contributed by atoms with Crippen molar-refractivity contribution < 1.29 is 9.21 Å². The number of pyridine rings is 1. The molecule has 1 amide bonds. The zero-order valence-electron chi connectivity index (χ0n) is 14.7. The molecule has 0 aromatic carbocycles. The number of hydrogen-bond donors (Lipinski definition) is 0. The van der Waals surface area contributed by atoms with Gasteiger partial charge in [-0.15, -0.1) is 0 Å². The van der Waals surface area contributed by atoms with Crippen molar-refractivity contribution in [3.05, 3.63) is 66.3 Å². The molecule has 1 aliphatic heterocycles. The van der Waals surface area contributed by atoms with E-state index in [4.69, 9.17) is 4.42 Å². The van der Waals surface area contributed by atoms with Crippen LogP contribution in [0.5, 0.6) is 0 Å². The van der Waals surface area contributed by atoms with Gasteiger partial charge in [0.15, 0.2) is 5.76 Å². The monoisotopic (exact) mass is 351 g/mol. The molecule has 0 unspecified atom stereocenters. The largest absolute Gasteiger partial charge is 0.454 e.